The Morgan fingerprint density at radius 2 is 2.14 bits per heavy atom. The molecule has 2 fully saturated rings. The van der Waals surface area contributed by atoms with Crippen LogP contribution in [0.25, 0.3) is 0 Å². The fraction of sp³-hybridized carbons (Fsp3) is 0.667. The molecule has 0 bridgehead atoms. The van der Waals surface area contributed by atoms with Crippen molar-refractivity contribution in [2.24, 2.45) is 0 Å². The molecule has 5 heterocycles. The van der Waals surface area contributed by atoms with Crippen LogP contribution < -0.4 is 5.32 Å². The number of likely N-dealkylation sites (tertiary alicyclic amines) is 1. The number of fused-ring (bicyclic) bond motifs is 1. The monoisotopic (exact) mass is 492 g/mol. The average molecular weight is 493 g/mol. The minimum Gasteiger partial charge on any atom is -0.377 e. The predicted octanol–water partition coefficient (Wildman–Crippen LogP) is 5.68. The topological polar surface area (TPSA) is 59.5 Å². The Bertz CT molecular complexity index is 1010. The van der Waals surface area contributed by atoms with Crippen molar-refractivity contribution >= 4 is 5.82 Å². The number of aromatic nitrogens is 2. The van der Waals surface area contributed by atoms with Gasteiger partial charge >= 0.3 is 0 Å². The number of anilines is 1. The molecule has 2 aromatic rings. The van der Waals surface area contributed by atoms with Crippen molar-refractivity contribution in [3.63, 3.8) is 0 Å². The van der Waals surface area contributed by atoms with Gasteiger partial charge in [-0.15, -0.1) is 0 Å². The summed E-state index contributed by atoms with van der Waals surface area (Å²) in [5.74, 6) is 1.58. The van der Waals surface area contributed by atoms with Crippen molar-refractivity contribution in [3.8, 4) is 0 Å². The first-order valence-electron chi connectivity index (χ1n) is 14.2. The molecule has 0 spiro atoms. The van der Waals surface area contributed by atoms with E-state index in [2.05, 4.69) is 55.3 Å². The Hall–Kier alpha value is -2.02. The lowest BCUT2D eigenvalue weighted by Gasteiger charge is -2.37. The third-order valence-electron chi connectivity index (χ3n) is 8.26. The fourth-order valence-corrected chi connectivity index (χ4v) is 6.19. The predicted molar refractivity (Wildman–Crippen MR) is 145 cm³/mol. The maximum absolute atomic E-state index is 6.32. The lowest BCUT2D eigenvalue weighted by Crippen LogP contribution is -2.34. The van der Waals surface area contributed by atoms with Crippen LogP contribution >= 0.6 is 0 Å². The minimum absolute atomic E-state index is 0.0691. The van der Waals surface area contributed by atoms with E-state index in [1.165, 1.54) is 28.9 Å². The normalized spacial score (nSPS) is 24.8. The van der Waals surface area contributed by atoms with E-state index in [-0.39, 0.29) is 5.60 Å². The first-order chi connectivity index (χ1) is 17.5. The molecular formula is C30H44N4O2. The average Bonchev–Trinajstić information content (AvgIpc) is 3.36. The first kappa shape index (κ1) is 25.6. The van der Waals surface area contributed by atoms with Crippen LogP contribution in [0.3, 0.4) is 0 Å². The molecule has 1 N–H and O–H groups in total. The molecule has 0 aliphatic carbocycles. The van der Waals surface area contributed by atoms with E-state index in [9.17, 15) is 0 Å². The third-order valence-corrected chi connectivity index (χ3v) is 8.26. The zero-order chi connectivity index (χ0) is 25.0. The largest absolute Gasteiger partial charge is 0.377 e. The molecule has 3 atom stereocenters. The van der Waals surface area contributed by atoms with E-state index in [0.717, 1.165) is 83.6 Å². The van der Waals surface area contributed by atoms with Gasteiger partial charge in [0.2, 0.25) is 0 Å². The van der Waals surface area contributed by atoms with Crippen LogP contribution in [0.15, 0.2) is 30.5 Å². The number of pyridine rings is 2. The van der Waals surface area contributed by atoms with Crippen molar-refractivity contribution in [1.29, 1.82) is 0 Å². The minimum atomic E-state index is -0.0691. The van der Waals surface area contributed by atoms with Gasteiger partial charge in [0, 0.05) is 62.4 Å². The standard InChI is InChI=1S/C30H44N4O2/c1-22(27-10-7-15-31-28(27)24-14-19-36-30(2,3)20-24)34-17-13-26(21-34)35-18-5-4-9-25-12-11-23-8-6-16-32-29(23)33-25/h7,10-12,15,22,24,26H,4-6,8-9,13-14,16-21H2,1-3H3,(H,32,33). The highest BCUT2D eigenvalue weighted by Crippen LogP contribution is 2.38. The van der Waals surface area contributed by atoms with Crippen LogP contribution in [0, 0.1) is 0 Å². The first-order valence-corrected chi connectivity index (χ1v) is 14.2. The maximum Gasteiger partial charge on any atom is 0.129 e. The van der Waals surface area contributed by atoms with E-state index in [0.29, 0.717) is 18.1 Å². The van der Waals surface area contributed by atoms with E-state index in [1.54, 1.807) is 0 Å². The lowest BCUT2D eigenvalue weighted by atomic mass is 9.83. The molecule has 6 heteroatoms. The summed E-state index contributed by atoms with van der Waals surface area (Å²) in [5, 5.41) is 3.44. The molecule has 3 aliphatic heterocycles. The van der Waals surface area contributed by atoms with Crippen LogP contribution in [0.4, 0.5) is 5.82 Å². The number of hydrogen-bond acceptors (Lipinski definition) is 6. The molecule has 0 radical (unpaired) electrons. The Kier molecular flexibility index (Phi) is 8.24. The number of nitrogens with zero attached hydrogens (tertiary/aromatic N) is 3. The Balaban J connectivity index is 1.07. The molecular weight excluding hydrogens is 448 g/mol. The molecule has 196 valence electrons. The van der Waals surface area contributed by atoms with Crippen molar-refractivity contribution in [2.75, 3.05) is 38.2 Å². The molecule has 6 nitrogen and oxygen atoms in total. The van der Waals surface area contributed by atoms with Crippen molar-refractivity contribution in [2.45, 2.75) is 95.8 Å². The van der Waals surface area contributed by atoms with Crippen molar-refractivity contribution in [3.05, 3.63) is 53.0 Å². The SMILES string of the molecule is CC(c1cccnc1C1CCOC(C)(C)C1)N1CCC(OCCCCc2ccc3c(n2)NCCC3)C1. The van der Waals surface area contributed by atoms with Gasteiger partial charge in [0.05, 0.1) is 11.7 Å². The van der Waals surface area contributed by atoms with Gasteiger partial charge in [-0.05, 0) is 95.4 Å². The van der Waals surface area contributed by atoms with E-state index >= 15 is 0 Å². The number of ether oxygens (including phenoxy) is 2. The number of unbranched alkanes of at least 4 members (excludes halogenated alkanes) is 1. The summed E-state index contributed by atoms with van der Waals surface area (Å²) in [7, 11) is 0. The second kappa shape index (κ2) is 11.6. The molecule has 3 unspecified atom stereocenters. The number of hydrogen-bond donors (Lipinski definition) is 1. The van der Waals surface area contributed by atoms with E-state index < -0.39 is 0 Å². The fourth-order valence-electron chi connectivity index (χ4n) is 6.19. The van der Waals surface area contributed by atoms with Gasteiger partial charge in [-0.2, -0.15) is 0 Å². The van der Waals surface area contributed by atoms with Gasteiger partial charge in [0.15, 0.2) is 0 Å². The molecule has 36 heavy (non-hydrogen) atoms. The molecule has 5 rings (SSSR count). The molecule has 0 saturated carbocycles. The second-order valence-corrected chi connectivity index (χ2v) is 11.5. The highest BCUT2D eigenvalue weighted by atomic mass is 16.5. The van der Waals surface area contributed by atoms with Crippen LogP contribution in [0.5, 0.6) is 0 Å². The van der Waals surface area contributed by atoms with Crippen LogP contribution in [-0.2, 0) is 22.3 Å². The van der Waals surface area contributed by atoms with Gasteiger partial charge in [-0.3, -0.25) is 9.88 Å². The molecule has 0 amide bonds. The summed E-state index contributed by atoms with van der Waals surface area (Å²) >= 11 is 0. The zero-order valence-electron chi connectivity index (χ0n) is 22.5. The van der Waals surface area contributed by atoms with Crippen LogP contribution in [0.2, 0.25) is 0 Å². The van der Waals surface area contributed by atoms with Crippen LogP contribution in [0.1, 0.15) is 93.8 Å². The van der Waals surface area contributed by atoms with E-state index in [1.807, 2.05) is 6.20 Å². The van der Waals surface area contributed by atoms with Gasteiger partial charge in [-0.1, -0.05) is 12.1 Å². The lowest BCUT2D eigenvalue weighted by molar-refractivity contribution is -0.0599. The number of rotatable bonds is 9. The maximum atomic E-state index is 6.32. The Morgan fingerprint density at radius 1 is 1.22 bits per heavy atom. The van der Waals surface area contributed by atoms with Gasteiger partial charge in [-0.25, -0.2) is 4.98 Å². The molecule has 2 aromatic heterocycles. The van der Waals surface area contributed by atoms with Crippen molar-refractivity contribution < 1.29 is 9.47 Å². The highest BCUT2D eigenvalue weighted by Gasteiger charge is 2.34. The number of nitrogens with one attached hydrogen (secondary N) is 1. The zero-order valence-corrected chi connectivity index (χ0v) is 22.5. The third kappa shape index (κ3) is 6.27. The summed E-state index contributed by atoms with van der Waals surface area (Å²) < 4.78 is 12.3. The Labute approximate surface area is 217 Å². The van der Waals surface area contributed by atoms with Crippen LogP contribution in [-0.4, -0.2) is 59.4 Å². The second-order valence-electron chi connectivity index (χ2n) is 11.5. The van der Waals surface area contributed by atoms with Crippen molar-refractivity contribution in [1.82, 2.24) is 14.9 Å². The number of aryl methyl sites for hydroxylation is 2. The van der Waals surface area contributed by atoms with Gasteiger partial charge < -0.3 is 14.8 Å². The Morgan fingerprint density at radius 3 is 3.03 bits per heavy atom. The summed E-state index contributed by atoms with van der Waals surface area (Å²) in [6, 6.07) is 9.20. The van der Waals surface area contributed by atoms with Gasteiger partial charge in [0.25, 0.3) is 0 Å². The molecule has 2 saturated heterocycles. The van der Waals surface area contributed by atoms with Gasteiger partial charge in [0.1, 0.15) is 5.82 Å². The summed E-state index contributed by atoms with van der Waals surface area (Å²) in [5.41, 5.74) is 5.15. The molecule has 3 aliphatic rings. The smallest absolute Gasteiger partial charge is 0.129 e. The highest BCUT2D eigenvalue weighted by molar-refractivity contribution is 5.47. The molecule has 0 aromatic carbocycles. The summed E-state index contributed by atoms with van der Waals surface area (Å²) in [6.07, 6.45) is 11.1. The summed E-state index contributed by atoms with van der Waals surface area (Å²) in [6.45, 7) is 11.5. The quantitative estimate of drug-likeness (QED) is 0.454. The summed E-state index contributed by atoms with van der Waals surface area (Å²) in [4.78, 5) is 12.3. The van der Waals surface area contributed by atoms with E-state index in [4.69, 9.17) is 19.4 Å².